The number of hydrogen-bond acceptors (Lipinski definition) is 1. The number of hydrogen-bond donors (Lipinski definition) is 0. The van der Waals surface area contributed by atoms with Crippen LogP contribution in [-0.4, -0.2) is 4.57 Å². The van der Waals surface area contributed by atoms with E-state index in [1.54, 1.807) is 0 Å². The minimum Gasteiger partial charge on any atom is -0.311 e. The summed E-state index contributed by atoms with van der Waals surface area (Å²) in [7, 11) is 0. The lowest BCUT2D eigenvalue weighted by Crippen LogP contribution is -2.10. The monoisotopic (exact) mass is 878 g/mol. The second kappa shape index (κ2) is 17.0. The molecule has 11 aromatic carbocycles. The largest absolute Gasteiger partial charge is 0.311 e. The molecule has 0 saturated carbocycles. The van der Waals surface area contributed by atoms with Crippen molar-refractivity contribution < 1.29 is 0 Å². The van der Waals surface area contributed by atoms with Crippen LogP contribution in [0.5, 0.6) is 0 Å². The summed E-state index contributed by atoms with van der Waals surface area (Å²) in [5, 5.41) is 5.04. The third-order valence-electron chi connectivity index (χ3n) is 14.1. The Hall–Kier alpha value is -8.98. The highest BCUT2D eigenvalue weighted by Gasteiger charge is 2.18. The fourth-order valence-electron chi connectivity index (χ4n) is 10.4. The van der Waals surface area contributed by atoms with Crippen molar-refractivity contribution in [2.45, 2.75) is 6.42 Å². The molecular weight excluding hydrogens is 833 g/mol. The molecule has 13 rings (SSSR count). The van der Waals surface area contributed by atoms with Crippen molar-refractivity contribution >= 4 is 61.3 Å². The minimum atomic E-state index is 0.960. The number of anilines is 3. The van der Waals surface area contributed by atoms with E-state index in [1.165, 1.54) is 105 Å². The number of rotatable bonds is 9. The number of aromatic nitrogens is 1. The molecule has 1 aliphatic carbocycles. The first-order valence-electron chi connectivity index (χ1n) is 23.9. The summed E-state index contributed by atoms with van der Waals surface area (Å²) in [6, 6.07) is 95.3. The molecule has 0 N–H and O–H groups in total. The molecule has 0 amide bonds. The fourth-order valence-corrected chi connectivity index (χ4v) is 10.4. The quantitative estimate of drug-likeness (QED) is 0.140. The minimum absolute atomic E-state index is 0.960. The summed E-state index contributed by atoms with van der Waals surface area (Å²) >= 11 is 0. The Bertz CT molecular complexity index is 3860. The second-order valence-corrected chi connectivity index (χ2v) is 18.2. The summed E-state index contributed by atoms with van der Waals surface area (Å²) in [6.07, 6.45) is 3.30. The van der Waals surface area contributed by atoms with Gasteiger partial charge in [-0.2, -0.15) is 0 Å². The number of nitrogens with zero attached hydrogens (tertiary/aromatic N) is 2. The van der Waals surface area contributed by atoms with Gasteiger partial charge in [0.2, 0.25) is 0 Å². The predicted octanol–water partition coefficient (Wildman–Crippen LogP) is 18.2. The Morgan fingerprint density at radius 1 is 0.304 bits per heavy atom. The van der Waals surface area contributed by atoms with Crippen LogP contribution in [0.4, 0.5) is 17.1 Å². The molecule has 0 bridgehead atoms. The smallest absolute Gasteiger partial charge is 0.0541 e. The molecule has 2 heteroatoms. The zero-order valence-electron chi connectivity index (χ0n) is 38.0. The van der Waals surface area contributed by atoms with Gasteiger partial charge in [-0.15, -0.1) is 0 Å². The number of fused-ring (bicyclic) bond motifs is 5. The first kappa shape index (κ1) is 40.3. The van der Waals surface area contributed by atoms with Gasteiger partial charge in [-0.3, -0.25) is 0 Å². The molecule has 69 heavy (non-hydrogen) atoms. The highest BCUT2D eigenvalue weighted by Crippen LogP contribution is 2.40. The van der Waals surface area contributed by atoms with Gasteiger partial charge in [0.25, 0.3) is 0 Å². The van der Waals surface area contributed by atoms with Crippen molar-refractivity contribution in [2.75, 3.05) is 4.90 Å². The van der Waals surface area contributed by atoms with E-state index < -0.39 is 0 Å². The van der Waals surface area contributed by atoms with Gasteiger partial charge in [0, 0.05) is 33.5 Å². The molecule has 0 fully saturated rings. The van der Waals surface area contributed by atoms with Crippen LogP contribution in [0.15, 0.2) is 261 Å². The van der Waals surface area contributed by atoms with Gasteiger partial charge in [0.15, 0.2) is 0 Å². The number of para-hydroxylation sites is 2. The first-order chi connectivity index (χ1) is 34.2. The number of benzene rings is 11. The number of allylic oxidation sites excluding steroid dienone is 1. The van der Waals surface area contributed by atoms with Crippen molar-refractivity contribution in [3.63, 3.8) is 0 Å². The Morgan fingerprint density at radius 2 is 0.754 bits per heavy atom. The van der Waals surface area contributed by atoms with Gasteiger partial charge in [-0.05, 0) is 157 Å². The molecule has 1 aromatic heterocycles. The van der Waals surface area contributed by atoms with Crippen LogP contribution in [0, 0.1) is 0 Å². The maximum absolute atomic E-state index is 2.37. The van der Waals surface area contributed by atoms with E-state index in [-0.39, 0.29) is 0 Å². The molecule has 0 saturated heterocycles. The third-order valence-corrected chi connectivity index (χ3v) is 14.1. The molecule has 0 radical (unpaired) electrons. The summed E-state index contributed by atoms with van der Waals surface area (Å²) in [5.41, 5.74) is 21.8. The highest BCUT2D eigenvalue weighted by molar-refractivity contribution is 6.10. The molecule has 1 heterocycles. The van der Waals surface area contributed by atoms with E-state index in [0.29, 0.717) is 0 Å². The summed E-state index contributed by atoms with van der Waals surface area (Å²) in [4.78, 5) is 2.37. The van der Waals surface area contributed by atoms with Crippen LogP contribution >= 0.6 is 0 Å². The van der Waals surface area contributed by atoms with Gasteiger partial charge in [-0.25, -0.2) is 0 Å². The van der Waals surface area contributed by atoms with Crippen molar-refractivity contribution in [3.8, 4) is 50.2 Å². The van der Waals surface area contributed by atoms with Crippen LogP contribution in [-0.2, 0) is 6.42 Å². The van der Waals surface area contributed by atoms with Crippen LogP contribution in [0.1, 0.15) is 16.7 Å². The average molecular weight is 879 g/mol. The van der Waals surface area contributed by atoms with Gasteiger partial charge >= 0.3 is 0 Å². The van der Waals surface area contributed by atoms with Crippen LogP contribution in [0.3, 0.4) is 0 Å². The first-order valence-corrected chi connectivity index (χ1v) is 23.9. The third kappa shape index (κ3) is 7.49. The lowest BCUT2D eigenvalue weighted by Gasteiger charge is -2.26. The molecule has 324 valence electrons. The van der Waals surface area contributed by atoms with Crippen LogP contribution < -0.4 is 4.90 Å². The molecule has 1 aliphatic rings. The van der Waals surface area contributed by atoms with E-state index in [4.69, 9.17) is 0 Å². The van der Waals surface area contributed by atoms with Gasteiger partial charge < -0.3 is 9.47 Å². The van der Waals surface area contributed by atoms with E-state index in [9.17, 15) is 0 Å². The molecule has 0 atom stereocenters. The topological polar surface area (TPSA) is 8.17 Å². The Morgan fingerprint density at radius 3 is 1.38 bits per heavy atom. The molecule has 0 spiro atoms. The second-order valence-electron chi connectivity index (χ2n) is 18.2. The van der Waals surface area contributed by atoms with Crippen molar-refractivity contribution in [2.24, 2.45) is 0 Å². The normalized spacial score (nSPS) is 12.1. The Balaban J connectivity index is 0.794. The van der Waals surface area contributed by atoms with Crippen molar-refractivity contribution in [3.05, 3.63) is 278 Å². The van der Waals surface area contributed by atoms with Crippen molar-refractivity contribution in [1.82, 2.24) is 4.57 Å². The van der Waals surface area contributed by atoms with Gasteiger partial charge in [-0.1, -0.05) is 194 Å². The summed E-state index contributed by atoms with van der Waals surface area (Å²) in [6.45, 7) is 0. The summed E-state index contributed by atoms with van der Waals surface area (Å²) in [5.74, 6) is 0. The van der Waals surface area contributed by atoms with E-state index in [1.807, 2.05) is 0 Å². The lowest BCUT2D eigenvalue weighted by atomic mass is 9.98. The SMILES string of the molecule is C1=C(c2ccc(N(c3ccc(-c4ccc(-c5ccc6ccccc6c5)cc4)cc3)c3ccc(-c4ccc(-c5ccc6c(c5)c5ccccc5n6-c5ccccc5)cc4)cc3)cc2)Cc2ccccc21. The van der Waals surface area contributed by atoms with E-state index >= 15 is 0 Å². The summed E-state index contributed by atoms with van der Waals surface area (Å²) < 4.78 is 2.37. The fraction of sp³-hybridized carbons (Fsp3) is 0.0149. The highest BCUT2D eigenvalue weighted by atomic mass is 15.1. The van der Waals surface area contributed by atoms with Crippen LogP contribution in [0.25, 0.3) is 94.4 Å². The van der Waals surface area contributed by atoms with E-state index in [0.717, 1.165) is 23.5 Å². The lowest BCUT2D eigenvalue weighted by molar-refractivity contribution is 1.18. The molecule has 0 aliphatic heterocycles. The maximum atomic E-state index is 2.37. The Kier molecular flexibility index (Phi) is 9.95. The average Bonchev–Trinajstić information content (AvgIpc) is 4.01. The van der Waals surface area contributed by atoms with Crippen molar-refractivity contribution in [1.29, 1.82) is 0 Å². The zero-order chi connectivity index (χ0) is 45.7. The zero-order valence-corrected chi connectivity index (χ0v) is 38.0. The predicted molar refractivity (Wildman–Crippen MR) is 293 cm³/mol. The Labute approximate surface area is 403 Å². The molecule has 0 unspecified atom stereocenters. The van der Waals surface area contributed by atoms with Crippen LogP contribution in [0.2, 0.25) is 0 Å². The molecule has 12 aromatic rings. The molecular formula is C67H46N2. The maximum Gasteiger partial charge on any atom is 0.0541 e. The van der Waals surface area contributed by atoms with E-state index in [2.05, 4.69) is 276 Å². The molecule has 2 nitrogen and oxygen atoms in total. The van der Waals surface area contributed by atoms with Gasteiger partial charge in [0.05, 0.1) is 11.0 Å². The standard InChI is InChI=1S/C67H46N2/c1-2-14-60(15-3-1)69-66-17-9-8-16-64(66)65-45-58(34-41-67(65)69)52-24-20-48(21-25-52)50-30-37-62(38-31-50)68(63-39-32-53(33-40-63)59-43-55-12-6-7-13-56(55)44-59)61-35-28-49(29-36-61)47-18-22-51(23-19-47)57-27-26-46-10-4-5-11-54(46)42-57/h1-43,45H,44H2. The van der Waals surface area contributed by atoms with Gasteiger partial charge in [0.1, 0.15) is 0 Å².